The molecule has 4 heterocycles. The minimum absolute atomic E-state index is 0.206. The Labute approximate surface area is 172 Å². The summed E-state index contributed by atoms with van der Waals surface area (Å²) in [7, 11) is 1.99. The molecule has 0 saturated carbocycles. The fourth-order valence-corrected chi connectivity index (χ4v) is 6.10. The van der Waals surface area contributed by atoms with E-state index in [1.807, 2.05) is 17.9 Å². The maximum absolute atomic E-state index is 5.59. The van der Waals surface area contributed by atoms with Crippen molar-refractivity contribution in [2.24, 2.45) is 12.0 Å². The van der Waals surface area contributed by atoms with Crippen LogP contribution in [0.3, 0.4) is 0 Å². The van der Waals surface area contributed by atoms with Crippen LogP contribution in [0.5, 0.6) is 0 Å². The van der Waals surface area contributed by atoms with Crippen molar-refractivity contribution in [1.29, 1.82) is 0 Å². The van der Waals surface area contributed by atoms with Crippen LogP contribution in [0.25, 0.3) is 0 Å². The molecule has 4 rings (SSSR count). The van der Waals surface area contributed by atoms with Gasteiger partial charge in [-0.3, -0.25) is 14.6 Å². The van der Waals surface area contributed by atoms with Crippen LogP contribution in [0, 0.1) is 0 Å². The first-order chi connectivity index (χ1) is 13.7. The van der Waals surface area contributed by atoms with E-state index in [0.717, 1.165) is 58.4 Å². The van der Waals surface area contributed by atoms with Gasteiger partial charge in [-0.1, -0.05) is 0 Å². The first kappa shape index (κ1) is 20.0. The summed E-state index contributed by atoms with van der Waals surface area (Å²) in [5.74, 6) is 4.07. The van der Waals surface area contributed by atoms with E-state index in [9.17, 15) is 0 Å². The Kier molecular flexibility index (Phi) is 6.48. The third kappa shape index (κ3) is 4.33. The Bertz CT molecular complexity index is 665. The Hall–Kier alpha value is -1.25. The highest BCUT2D eigenvalue weighted by Gasteiger charge is 2.41. The van der Waals surface area contributed by atoms with Gasteiger partial charge in [-0.25, -0.2) is 0 Å². The van der Waals surface area contributed by atoms with Crippen molar-refractivity contribution in [3.05, 3.63) is 18.0 Å². The fraction of sp³-hybridized carbons (Fsp3) is 0.800. The van der Waals surface area contributed by atoms with Crippen LogP contribution in [0.1, 0.15) is 31.2 Å². The number of guanidine groups is 1. The van der Waals surface area contributed by atoms with Gasteiger partial charge in [-0.05, 0) is 31.1 Å². The molecule has 0 spiro atoms. The van der Waals surface area contributed by atoms with Gasteiger partial charge in [0.05, 0.1) is 31.5 Å². The van der Waals surface area contributed by atoms with Gasteiger partial charge in [0.15, 0.2) is 5.96 Å². The predicted octanol–water partition coefficient (Wildman–Crippen LogP) is 1.38. The Balaban J connectivity index is 1.45. The van der Waals surface area contributed by atoms with Crippen LogP contribution in [-0.2, 0) is 11.8 Å². The van der Waals surface area contributed by atoms with Crippen LogP contribution in [0.15, 0.2) is 17.4 Å². The minimum atomic E-state index is 0.206. The number of aliphatic imine (C=N–C) groups is 1. The molecule has 1 aromatic heterocycles. The largest absolute Gasteiger partial charge is 0.379 e. The van der Waals surface area contributed by atoms with Gasteiger partial charge >= 0.3 is 0 Å². The normalized spacial score (nSPS) is 29.6. The molecular formula is C20H34N6OS. The molecule has 7 nitrogen and oxygen atoms in total. The highest BCUT2D eigenvalue weighted by Crippen LogP contribution is 2.34. The monoisotopic (exact) mass is 406 g/mol. The van der Waals surface area contributed by atoms with E-state index >= 15 is 0 Å². The van der Waals surface area contributed by atoms with Crippen molar-refractivity contribution in [2.75, 3.05) is 64.0 Å². The summed E-state index contributed by atoms with van der Waals surface area (Å²) in [5, 5.41) is 7.90. The van der Waals surface area contributed by atoms with E-state index in [1.54, 1.807) is 0 Å². The van der Waals surface area contributed by atoms with Crippen molar-refractivity contribution in [3.63, 3.8) is 0 Å². The highest BCUT2D eigenvalue weighted by molar-refractivity contribution is 7.99. The Morgan fingerprint density at radius 2 is 2.25 bits per heavy atom. The Morgan fingerprint density at radius 3 is 2.93 bits per heavy atom. The number of aromatic nitrogens is 2. The molecule has 3 aliphatic rings. The first-order valence-corrected chi connectivity index (χ1v) is 11.8. The molecule has 0 radical (unpaired) electrons. The van der Waals surface area contributed by atoms with Gasteiger partial charge in [0.25, 0.3) is 0 Å². The summed E-state index contributed by atoms with van der Waals surface area (Å²) in [6.45, 7) is 9.83. The molecule has 8 heteroatoms. The van der Waals surface area contributed by atoms with E-state index in [4.69, 9.17) is 9.73 Å². The average Bonchev–Trinajstić information content (AvgIpc) is 3.47. The number of aryl methyl sites for hydroxylation is 1. The molecule has 0 aliphatic carbocycles. The summed E-state index contributed by atoms with van der Waals surface area (Å²) in [4.78, 5) is 10.3. The number of rotatable bonds is 5. The van der Waals surface area contributed by atoms with Crippen LogP contribution in [0.2, 0.25) is 0 Å². The third-order valence-corrected chi connectivity index (χ3v) is 7.54. The van der Waals surface area contributed by atoms with Crippen molar-refractivity contribution < 1.29 is 4.74 Å². The molecule has 156 valence electrons. The second-order valence-electron chi connectivity index (χ2n) is 8.18. The quantitative estimate of drug-likeness (QED) is 0.589. The van der Waals surface area contributed by atoms with E-state index in [1.165, 1.54) is 29.9 Å². The molecular weight excluding hydrogens is 372 g/mol. The van der Waals surface area contributed by atoms with E-state index in [-0.39, 0.29) is 5.54 Å². The van der Waals surface area contributed by atoms with Gasteiger partial charge in [-0.2, -0.15) is 16.9 Å². The second kappa shape index (κ2) is 9.05. The second-order valence-corrected chi connectivity index (χ2v) is 9.28. The number of morpholine rings is 1. The highest BCUT2D eigenvalue weighted by atomic mass is 32.2. The van der Waals surface area contributed by atoms with Gasteiger partial charge < -0.3 is 15.0 Å². The molecule has 3 aliphatic heterocycles. The topological polar surface area (TPSA) is 57.9 Å². The van der Waals surface area contributed by atoms with Crippen LogP contribution >= 0.6 is 11.8 Å². The molecule has 2 unspecified atom stereocenters. The SMILES string of the molecule is CCNC(=NCC1(N2CCOCC2)CCSC1)N1CCC(c2cnn(C)c2)C1. The van der Waals surface area contributed by atoms with Gasteiger partial charge in [0.2, 0.25) is 0 Å². The van der Waals surface area contributed by atoms with Crippen molar-refractivity contribution in [1.82, 2.24) is 24.9 Å². The lowest BCUT2D eigenvalue weighted by Crippen LogP contribution is -2.56. The van der Waals surface area contributed by atoms with Crippen molar-refractivity contribution in [2.45, 2.75) is 31.2 Å². The number of ether oxygens (including phenoxy) is 1. The van der Waals surface area contributed by atoms with E-state index in [0.29, 0.717) is 5.92 Å². The van der Waals surface area contributed by atoms with Crippen molar-refractivity contribution in [3.8, 4) is 0 Å². The smallest absolute Gasteiger partial charge is 0.194 e. The maximum Gasteiger partial charge on any atom is 0.194 e. The zero-order chi connectivity index (χ0) is 19.4. The number of thioether (sulfide) groups is 1. The summed E-state index contributed by atoms with van der Waals surface area (Å²) in [6, 6.07) is 0. The lowest BCUT2D eigenvalue weighted by Gasteiger charge is -2.42. The predicted molar refractivity (Wildman–Crippen MR) is 115 cm³/mol. The number of hydrogen-bond donors (Lipinski definition) is 1. The first-order valence-electron chi connectivity index (χ1n) is 10.6. The van der Waals surface area contributed by atoms with Gasteiger partial charge in [0.1, 0.15) is 0 Å². The van der Waals surface area contributed by atoms with Crippen LogP contribution in [-0.4, -0.2) is 95.1 Å². The maximum atomic E-state index is 5.59. The molecule has 0 bridgehead atoms. The molecule has 3 saturated heterocycles. The van der Waals surface area contributed by atoms with Crippen LogP contribution in [0.4, 0.5) is 0 Å². The zero-order valence-electron chi connectivity index (χ0n) is 17.3. The van der Waals surface area contributed by atoms with E-state index in [2.05, 4.69) is 45.1 Å². The lowest BCUT2D eigenvalue weighted by molar-refractivity contribution is -0.0105. The molecule has 0 amide bonds. The zero-order valence-corrected chi connectivity index (χ0v) is 18.1. The van der Waals surface area contributed by atoms with Crippen LogP contribution < -0.4 is 5.32 Å². The standard InChI is InChI=1S/C20H34N6OS/c1-3-21-19(25-6-4-17(14-25)18-12-23-24(2)13-18)22-15-20(5-11-28-16-20)26-7-9-27-10-8-26/h12-13,17H,3-11,14-16H2,1-2H3,(H,21,22). The summed E-state index contributed by atoms with van der Waals surface area (Å²) >= 11 is 2.08. The number of nitrogens with zero attached hydrogens (tertiary/aromatic N) is 5. The molecule has 28 heavy (non-hydrogen) atoms. The average molecular weight is 407 g/mol. The van der Waals surface area contributed by atoms with Gasteiger partial charge in [-0.15, -0.1) is 0 Å². The fourth-order valence-electron chi connectivity index (χ4n) is 4.63. The minimum Gasteiger partial charge on any atom is -0.379 e. The van der Waals surface area contributed by atoms with Crippen molar-refractivity contribution >= 4 is 17.7 Å². The van der Waals surface area contributed by atoms with E-state index < -0.39 is 0 Å². The summed E-state index contributed by atoms with van der Waals surface area (Å²) in [5.41, 5.74) is 1.55. The number of likely N-dealkylation sites (tertiary alicyclic amines) is 1. The molecule has 0 aromatic carbocycles. The molecule has 1 N–H and O–H groups in total. The summed E-state index contributed by atoms with van der Waals surface area (Å²) in [6.07, 6.45) is 6.57. The number of hydrogen-bond acceptors (Lipinski definition) is 5. The third-order valence-electron chi connectivity index (χ3n) is 6.31. The Morgan fingerprint density at radius 1 is 1.39 bits per heavy atom. The number of nitrogens with one attached hydrogen (secondary N) is 1. The molecule has 2 atom stereocenters. The molecule has 3 fully saturated rings. The molecule has 1 aromatic rings. The lowest BCUT2D eigenvalue weighted by atomic mass is 9.96. The van der Waals surface area contributed by atoms with Gasteiger partial charge in [0, 0.05) is 57.6 Å². The summed E-state index contributed by atoms with van der Waals surface area (Å²) < 4.78 is 7.50.